The zero-order valence-electron chi connectivity index (χ0n) is 13.9. The smallest absolute Gasteiger partial charge is 0.373 e. The van der Waals surface area contributed by atoms with E-state index in [4.69, 9.17) is 20.6 Å². The molecule has 0 aromatic rings. The Morgan fingerprint density at radius 3 is 1.23 bits per heavy atom. The molecule has 0 atom stereocenters. The Morgan fingerprint density at radius 2 is 0.955 bits per heavy atom. The van der Waals surface area contributed by atoms with Crippen LogP contribution in [0.15, 0.2) is 49.1 Å². The Hall–Kier alpha value is -0.156. The summed E-state index contributed by atoms with van der Waals surface area (Å²) in [5, 5.41) is 0. The predicted octanol–water partition coefficient (Wildman–Crippen LogP) is 2.27. The second-order valence-corrected chi connectivity index (χ2v) is 20.9. The molecule has 0 unspecified atom stereocenters. The monoisotopic (exact) mass is 390 g/mol. The van der Waals surface area contributed by atoms with Crippen molar-refractivity contribution < 1.29 is 20.6 Å². The van der Waals surface area contributed by atoms with Gasteiger partial charge in [0, 0.05) is 0 Å². The summed E-state index contributed by atoms with van der Waals surface area (Å²) in [5.74, 6) is 0. The Balaban J connectivity index is 3.35. The zero-order chi connectivity index (χ0) is 17.1. The van der Waals surface area contributed by atoms with E-state index in [2.05, 4.69) is 26.3 Å². The van der Waals surface area contributed by atoms with E-state index in [0.717, 1.165) is 0 Å². The largest absolute Gasteiger partial charge is 0.420 e. The highest BCUT2D eigenvalue weighted by Gasteiger charge is 2.50. The van der Waals surface area contributed by atoms with Gasteiger partial charge in [-0.25, -0.2) is 0 Å². The van der Waals surface area contributed by atoms with Crippen molar-refractivity contribution in [3.63, 3.8) is 0 Å². The lowest BCUT2D eigenvalue weighted by molar-refractivity contribution is 0.268. The summed E-state index contributed by atoms with van der Waals surface area (Å²) in [6, 6.07) is 0. The Morgan fingerprint density at radius 1 is 0.636 bits per heavy atom. The third-order valence-electron chi connectivity index (χ3n) is 3.08. The van der Waals surface area contributed by atoms with Gasteiger partial charge in [-0.1, -0.05) is 0 Å². The van der Waals surface area contributed by atoms with Gasteiger partial charge in [0.1, 0.15) is 0 Å². The van der Waals surface area contributed by atoms with Crippen molar-refractivity contribution in [2.75, 3.05) is 0 Å². The molecule has 1 aliphatic rings. The minimum atomic E-state index is -2.90. The van der Waals surface area contributed by atoms with E-state index < -0.39 is 44.3 Å². The van der Waals surface area contributed by atoms with Crippen LogP contribution < -0.4 is 0 Å². The summed E-state index contributed by atoms with van der Waals surface area (Å²) in [5.41, 5.74) is 6.81. The lowest BCUT2D eigenvalue weighted by Crippen LogP contribution is -2.62. The molecule has 0 aromatic heterocycles. The molecule has 5 nitrogen and oxygen atoms in total. The maximum Gasteiger partial charge on any atom is 0.373 e. The van der Waals surface area contributed by atoms with Crippen LogP contribution in [0.2, 0.25) is 26.2 Å². The molecule has 0 aromatic carbocycles. The Bertz CT molecular complexity index is 409. The molecule has 1 heterocycles. The fourth-order valence-corrected chi connectivity index (χ4v) is 18.7. The number of hydrogen-bond donors (Lipinski definition) is 0. The first-order valence-corrected chi connectivity index (χ1v) is 17.7. The summed E-state index contributed by atoms with van der Waals surface area (Å²) in [7, 11) is -11.8. The fourth-order valence-electron chi connectivity index (χ4n) is 1.93. The average Bonchev–Trinajstić information content (AvgIpc) is 2.44. The zero-order valence-corrected chi connectivity index (χ0v) is 19.3. The highest BCUT2D eigenvalue weighted by atomic mass is 28.5. The Labute approximate surface area is 140 Å². The van der Waals surface area contributed by atoms with Crippen LogP contribution in [-0.4, -0.2) is 44.3 Å². The van der Waals surface area contributed by atoms with Crippen molar-refractivity contribution in [3.05, 3.63) is 49.1 Å². The standard InChI is InChI=1S/C12H26O5Si5/c1-9-21(10-2)15-19(5,6)13-18-14-20(7,8)16-22(11-3,12-4)17-21/h9-12H,1-4,18H2,5-8H3. The fraction of sp³-hybridized carbons (Fsp3) is 0.333. The summed E-state index contributed by atoms with van der Waals surface area (Å²) >= 11 is 0. The maximum atomic E-state index is 6.36. The van der Waals surface area contributed by atoms with Gasteiger partial charge >= 0.3 is 34.2 Å². The molecule has 22 heavy (non-hydrogen) atoms. The minimum Gasteiger partial charge on any atom is -0.420 e. The van der Waals surface area contributed by atoms with Gasteiger partial charge in [0.25, 0.3) is 10.0 Å². The SMILES string of the molecule is C=C[Si]1(C=C)O[Si](C)(C)O[SiH2]O[Si](C)(C)O[Si](C=C)(C=C)O1. The molecule has 0 radical (unpaired) electrons. The normalized spacial score (nSPS) is 26.4. The highest BCUT2D eigenvalue weighted by Crippen LogP contribution is 2.28. The number of hydrogen-bond acceptors (Lipinski definition) is 5. The first-order chi connectivity index (χ1) is 10.1. The molecule has 124 valence electrons. The first-order valence-electron chi connectivity index (χ1n) is 7.00. The van der Waals surface area contributed by atoms with E-state index >= 15 is 0 Å². The summed E-state index contributed by atoms with van der Waals surface area (Å²) in [6.07, 6.45) is 0. The van der Waals surface area contributed by atoms with Crippen molar-refractivity contribution in [2.45, 2.75) is 26.2 Å². The van der Waals surface area contributed by atoms with E-state index in [1.165, 1.54) is 0 Å². The van der Waals surface area contributed by atoms with Crippen molar-refractivity contribution >= 4 is 44.3 Å². The molecular weight excluding hydrogens is 365 g/mol. The van der Waals surface area contributed by atoms with Crippen LogP contribution in [0.4, 0.5) is 0 Å². The van der Waals surface area contributed by atoms with Gasteiger partial charge in [0.2, 0.25) is 0 Å². The van der Waals surface area contributed by atoms with E-state index in [9.17, 15) is 0 Å². The topological polar surface area (TPSA) is 46.2 Å². The molecule has 10 heteroatoms. The van der Waals surface area contributed by atoms with E-state index in [-0.39, 0.29) is 0 Å². The second kappa shape index (κ2) is 7.17. The lowest BCUT2D eigenvalue weighted by atomic mass is 11.2. The second-order valence-electron chi connectivity index (χ2n) is 5.77. The van der Waals surface area contributed by atoms with Crippen LogP contribution >= 0.6 is 0 Å². The maximum absolute atomic E-state index is 6.36. The van der Waals surface area contributed by atoms with Gasteiger partial charge in [0.05, 0.1) is 0 Å². The quantitative estimate of drug-likeness (QED) is 0.689. The molecule has 0 N–H and O–H groups in total. The summed E-state index contributed by atoms with van der Waals surface area (Å²) in [6.45, 7) is 23.4. The van der Waals surface area contributed by atoms with E-state index in [1.54, 1.807) is 22.8 Å². The van der Waals surface area contributed by atoms with Crippen molar-refractivity contribution in [3.8, 4) is 0 Å². The van der Waals surface area contributed by atoms with E-state index in [0.29, 0.717) is 0 Å². The molecule has 0 bridgehead atoms. The summed E-state index contributed by atoms with van der Waals surface area (Å²) < 4.78 is 30.8. The van der Waals surface area contributed by atoms with Crippen molar-refractivity contribution in [2.24, 2.45) is 0 Å². The molecule has 1 aliphatic heterocycles. The van der Waals surface area contributed by atoms with Gasteiger partial charge in [0.15, 0.2) is 0 Å². The molecule has 1 saturated heterocycles. The first kappa shape index (κ1) is 19.9. The van der Waals surface area contributed by atoms with Gasteiger partial charge < -0.3 is 20.6 Å². The predicted molar refractivity (Wildman–Crippen MR) is 101 cm³/mol. The number of rotatable bonds is 4. The van der Waals surface area contributed by atoms with Gasteiger partial charge in [-0.3, -0.25) is 0 Å². The van der Waals surface area contributed by atoms with Gasteiger partial charge in [-0.2, -0.15) is 0 Å². The lowest BCUT2D eigenvalue weighted by Gasteiger charge is -2.42. The van der Waals surface area contributed by atoms with Crippen LogP contribution in [-0.2, 0) is 20.6 Å². The minimum absolute atomic E-state index is 1.20. The third-order valence-corrected chi connectivity index (χ3v) is 20.9. The van der Waals surface area contributed by atoms with Crippen LogP contribution in [0.5, 0.6) is 0 Å². The van der Waals surface area contributed by atoms with Crippen LogP contribution in [0.25, 0.3) is 0 Å². The van der Waals surface area contributed by atoms with Crippen molar-refractivity contribution in [1.29, 1.82) is 0 Å². The molecule has 0 saturated carbocycles. The van der Waals surface area contributed by atoms with Crippen molar-refractivity contribution in [1.82, 2.24) is 0 Å². The molecule has 1 fully saturated rings. The molecule has 0 amide bonds. The third kappa shape index (κ3) is 4.92. The Kier molecular flexibility index (Phi) is 6.48. The molecular formula is C12H26O5Si5. The molecule has 0 spiro atoms. The van der Waals surface area contributed by atoms with E-state index in [1.807, 2.05) is 26.2 Å². The van der Waals surface area contributed by atoms with Gasteiger partial charge in [-0.15, -0.1) is 26.3 Å². The molecule has 0 aliphatic carbocycles. The van der Waals surface area contributed by atoms with Gasteiger partial charge in [-0.05, 0) is 49.0 Å². The average molecular weight is 391 g/mol. The summed E-state index contributed by atoms with van der Waals surface area (Å²) in [4.78, 5) is 0. The van der Waals surface area contributed by atoms with Crippen LogP contribution in [0.3, 0.4) is 0 Å². The van der Waals surface area contributed by atoms with Crippen LogP contribution in [0.1, 0.15) is 0 Å². The highest BCUT2D eigenvalue weighted by molar-refractivity contribution is 6.97. The molecule has 1 rings (SSSR count). The van der Waals surface area contributed by atoms with Crippen LogP contribution in [0, 0.1) is 0 Å².